The summed E-state index contributed by atoms with van der Waals surface area (Å²) in [4.78, 5) is 5.04. The van der Waals surface area contributed by atoms with Gasteiger partial charge in [0.2, 0.25) is 0 Å². The molecule has 1 aromatic carbocycles. The van der Waals surface area contributed by atoms with Crippen LogP contribution in [0.25, 0.3) is 0 Å². The highest BCUT2D eigenvalue weighted by Gasteiger charge is 2.19. The van der Waals surface area contributed by atoms with E-state index in [2.05, 4.69) is 39.5 Å². The average Bonchev–Trinajstić information content (AvgIpc) is 3.43. The van der Waals surface area contributed by atoms with Crippen LogP contribution >= 0.6 is 12.4 Å². The minimum Gasteiger partial charge on any atom is -0.491 e. The van der Waals surface area contributed by atoms with Gasteiger partial charge in [-0.15, -0.1) is 12.4 Å². The van der Waals surface area contributed by atoms with Gasteiger partial charge in [-0.1, -0.05) is 0 Å². The third-order valence-corrected chi connectivity index (χ3v) is 6.21. The van der Waals surface area contributed by atoms with Crippen LogP contribution in [0.4, 0.5) is 11.4 Å². The molecule has 0 bridgehead atoms. The van der Waals surface area contributed by atoms with Gasteiger partial charge < -0.3 is 29.9 Å². The first-order chi connectivity index (χ1) is 13.8. The summed E-state index contributed by atoms with van der Waals surface area (Å²) in [6.07, 6.45) is 5.20. The van der Waals surface area contributed by atoms with Crippen LogP contribution in [0, 0.1) is 6.92 Å². The van der Waals surface area contributed by atoms with E-state index in [1.807, 2.05) is 0 Å². The fourth-order valence-electron chi connectivity index (χ4n) is 4.49. The number of hydrogen-bond acceptors (Lipinski definition) is 6. The highest BCUT2D eigenvalue weighted by atomic mass is 35.5. The number of hydrogen-bond donors (Lipinski definition) is 2. The van der Waals surface area contributed by atoms with Gasteiger partial charge in [-0.3, -0.25) is 0 Å². The quantitative estimate of drug-likeness (QED) is 0.669. The lowest BCUT2D eigenvalue weighted by Gasteiger charge is -2.32. The summed E-state index contributed by atoms with van der Waals surface area (Å²) in [5, 5.41) is 7.14. The largest absolute Gasteiger partial charge is 0.491 e. The van der Waals surface area contributed by atoms with Crippen LogP contribution in [0.5, 0.6) is 5.75 Å². The summed E-state index contributed by atoms with van der Waals surface area (Å²) < 4.78 is 11.9. The molecule has 7 heteroatoms. The first-order valence-electron chi connectivity index (χ1n) is 11.1. The molecule has 1 atom stereocenters. The lowest BCUT2D eigenvalue weighted by Crippen LogP contribution is -2.43. The fraction of sp³-hybridized carbons (Fsp3) is 0.727. The van der Waals surface area contributed by atoms with Gasteiger partial charge in [0.05, 0.1) is 6.10 Å². The molecule has 0 aromatic heterocycles. The van der Waals surface area contributed by atoms with Gasteiger partial charge in [-0.25, -0.2) is 0 Å². The number of rotatable bonds is 8. The smallest absolute Gasteiger partial charge is 0.123 e. The first-order valence-corrected chi connectivity index (χ1v) is 11.1. The zero-order valence-electron chi connectivity index (χ0n) is 17.8. The van der Waals surface area contributed by atoms with Gasteiger partial charge in [0.25, 0.3) is 0 Å². The van der Waals surface area contributed by atoms with E-state index in [0.29, 0.717) is 6.61 Å². The topological polar surface area (TPSA) is 49.0 Å². The Labute approximate surface area is 181 Å². The van der Waals surface area contributed by atoms with Crippen molar-refractivity contribution in [3.8, 4) is 5.75 Å². The Hall–Kier alpha value is -1.21. The molecule has 0 spiro atoms. The second-order valence-corrected chi connectivity index (χ2v) is 8.27. The number of likely N-dealkylation sites (tertiary alicyclic amines) is 1. The van der Waals surface area contributed by atoms with Gasteiger partial charge in [-0.2, -0.15) is 0 Å². The number of piperazine rings is 1. The van der Waals surface area contributed by atoms with Crippen molar-refractivity contribution in [1.29, 1.82) is 0 Å². The predicted octanol–water partition coefficient (Wildman–Crippen LogP) is 2.89. The van der Waals surface area contributed by atoms with Crippen molar-refractivity contribution in [2.75, 3.05) is 75.8 Å². The summed E-state index contributed by atoms with van der Waals surface area (Å²) >= 11 is 0. The van der Waals surface area contributed by atoms with Gasteiger partial charge in [0.1, 0.15) is 12.4 Å². The lowest BCUT2D eigenvalue weighted by atomic mass is 10.1. The molecule has 1 aromatic rings. The van der Waals surface area contributed by atoms with Gasteiger partial charge in [0, 0.05) is 69.4 Å². The monoisotopic (exact) mass is 424 g/mol. The number of nitrogens with one attached hydrogen (secondary N) is 2. The van der Waals surface area contributed by atoms with E-state index in [9.17, 15) is 0 Å². The Morgan fingerprint density at radius 2 is 1.93 bits per heavy atom. The molecule has 3 aliphatic rings. The van der Waals surface area contributed by atoms with Crippen molar-refractivity contribution in [1.82, 2.24) is 10.2 Å². The van der Waals surface area contributed by atoms with E-state index < -0.39 is 0 Å². The Balaban J connectivity index is 0.00000240. The maximum Gasteiger partial charge on any atom is 0.123 e. The van der Waals surface area contributed by atoms with E-state index in [0.717, 1.165) is 64.5 Å². The Kier molecular flexibility index (Phi) is 8.72. The number of halogens is 1. The van der Waals surface area contributed by atoms with Crippen molar-refractivity contribution >= 4 is 23.8 Å². The third-order valence-electron chi connectivity index (χ3n) is 6.21. The van der Waals surface area contributed by atoms with E-state index >= 15 is 0 Å². The molecule has 6 nitrogen and oxygen atoms in total. The Bertz CT molecular complexity index is 627. The minimum atomic E-state index is 0. The predicted molar refractivity (Wildman–Crippen MR) is 122 cm³/mol. The van der Waals surface area contributed by atoms with Gasteiger partial charge in [-0.05, 0) is 51.3 Å². The molecular formula is C22H37ClN4O2. The van der Waals surface area contributed by atoms with Crippen LogP contribution < -0.4 is 20.3 Å². The number of benzene rings is 1. The van der Waals surface area contributed by atoms with Crippen molar-refractivity contribution < 1.29 is 9.47 Å². The van der Waals surface area contributed by atoms with Crippen LogP contribution in [0.15, 0.2) is 12.1 Å². The maximum absolute atomic E-state index is 6.18. The van der Waals surface area contributed by atoms with Crippen LogP contribution in [0.2, 0.25) is 0 Å². The standard InChI is InChI=1S/C22H36N4O2.ClH/c1-18-21(24-8-11-25-9-2-3-10-25)15-20(28-17-19-5-4-14-27-19)16-22(18)26-12-6-23-7-13-26;/h15-16,19,23-24H,2-14,17H2,1H3;1H. The normalized spacial score (nSPS) is 22.5. The average molecular weight is 425 g/mol. The van der Waals surface area contributed by atoms with Gasteiger partial charge >= 0.3 is 0 Å². The molecule has 29 heavy (non-hydrogen) atoms. The highest BCUT2D eigenvalue weighted by molar-refractivity contribution is 5.85. The molecule has 3 fully saturated rings. The van der Waals surface area contributed by atoms with E-state index in [-0.39, 0.29) is 18.5 Å². The molecule has 0 amide bonds. The Morgan fingerprint density at radius 3 is 2.66 bits per heavy atom. The van der Waals surface area contributed by atoms with E-state index in [4.69, 9.17) is 9.47 Å². The summed E-state index contributed by atoms with van der Waals surface area (Å²) in [7, 11) is 0. The molecule has 3 heterocycles. The first kappa shape index (κ1) is 22.5. The molecule has 3 aliphatic heterocycles. The Morgan fingerprint density at radius 1 is 1.14 bits per heavy atom. The molecular weight excluding hydrogens is 388 g/mol. The SMILES string of the molecule is Cc1c(NCCN2CCCC2)cc(OCC2CCCO2)cc1N1CCNCC1.Cl. The highest BCUT2D eigenvalue weighted by Crippen LogP contribution is 2.33. The van der Waals surface area contributed by atoms with Crippen molar-refractivity contribution in [3.63, 3.8) is 0 Å². The second kappa shape index (κ2) is 11.3. The molecule has 0 aliphatic carbocycles. The lowest BCUT2D eigenvalue weighted by molar-refractivity contribution is 0.0680. The molecule has 0 radical (unpaired) electrons. The molecule has 164 valence electrons. The van der Waals surface area contributed by atoms with Crippen LogP contribution in [0.1, 0.15) is 31.2 Å². The van der Waals surface area contributed by atoms with Crippen molar-refractivity contribution in [2.24, 2.45) is 0 Å². The van der Waals surface area contributed by atoms with Crippen LogP contribution in [-0.2, 0) is 4.74 Å². The number of ether oxygens (including phenoxy) is 2. The summed E-state index contributed by atoms with van der Waals surface area (Å²) in [5.41, 5.74) is 3.83. The molecule has 4 rings (SSSR count). The summed E-state index contributed by atoms with van der Waals surface area (Å²) in [6, 6.07) is 4.40. The van der Waals surface area contributed by atoms with Gasteiger partial charge in [0.15, 0.2) is 0 Å². The van der Waals surface area contributed by atoms with Crippen molar-refractivity contribution in [2.45, 2.75) is 38.7 Å². The maximum atomic E-state index is 6.18. The molecule has 2 N–H and O–H groups in total. The third kappa shape index (κ3) is 6.14. The van der Waals surface area contributed by atoms with Crippen LogP contribution in [0.3, 0.4) is 0 Å². The number of anilines is 2. The number of nitrogens with zero attached hydrogens (tertiary/aromatic N) is 2. The zero-order chi connectivity index (χ0) is 19.2. The second-order valence-electron chi connectivity index (χ2n) is 8.27. The molecule has 0 saturated carbocycles. The summed E-state index contributed by atoms with van der Waals surface area (Å²) in [5.74, 6) is 0.957. The van der Waals surface area contributed by atoms with E-state index in [1.54, 1.807) is 0 Å². The molecule has 3 saturated heterocycles. The zero-order valence-corrected chi connectivity index (χ0v) is 18.6. The molecule has 1 unspecified atom stereocenters. The van der Waals surface area contributed by atoms with E-state index in [1.165, 1.54) is 42.9 Å². The van der Waals surface area contributed by atoms with Crippen molar-refractivity contribution in [3.05, 3.63) is 17.7 Å². The summed E-state index contributed by atoms with van der Waals surface area (Å²) in [6.45, 7) is 12.5. The fourth-order valence-corrected chi connectivity index (χ4v) is 4.49. The van der Waals surface area contributed by atoms with Crippen LogP contribution in [-0.4, -0.2) is 76.6 Å². The minimum absolute atomic E-state index is 0.